The van der Waals surface area contributed by atoms with Crippen LogP contribution in [0.15, 0.2) is 77.8 Å². The van der Waals surface area contributed by atoms with Crippen molar-refractivity contribution in [3.05, 3.63) is 89.5 Å². The molecular weight excluding hydrogens is 458 g/mol. The number of hydrogen-bond acceptors (Lipinski definition) is 5. The molecule has 1 fully saturated rings. The minimum absolute atomic E-state index is 0.104. The number of aryl methyl sites for hydroxylation is 2. The van der Waals surface area contributed by atoms with Gasteiger partial charge in [0.1, 0.15) is 11.0 Å². The van der Waals surface area contributed by atoms with Crippen LogP contribution < -0.4 is 10.1 Å². The van der Waals surface area contributed by atoms with Gasteiger partial charge in [-0.3, -0.25) is 14.5 Å². The van der Waals surface area contributed by atoms with Crippen LogP contribution in [0.1, 0.15) is 23.1 Å². The van der Waals surface area contributed by atoms with Crippen molar-refractivity contribution in [2.75, 3.05) is 19.0 Å². The molecule has 3 aromatic carbocycles. The lowest BCUT2D eigenvalue weighted by atomic mass is 10.1. The minimum atomic E-state index is -0.553. The highest BCUT2D eigenvalue weighted by molar-refractivity contribution is 8.15. The summed E-state index contributed by atoms with van der Waals surface area (Å²) in [4.78, 5) is 32.8. The number of methoxy groups -OCH3 is 1. The fraction of sp³-hybridized carbons (Fsp3) is 0.250. The summed E-state index contributed by atoms with van der Waals surface area (Å²) in [6.45, 7) is 4.46. The predicted molar refractivity (Wildman–Crippen MR) is 142 cm³/mol. The van der Waals surface area contributed by atoms with Crippen molar-refractivity contribution < 1.29 is 14.3 Å². The molecule has 0 aliphatic carbocycles. The van der Waals surface area contributed by atoms with Crippen LogP contribution in [0.5, 0.6) is 5.75 Å². The van der Waals surface area contributed by atoms with Crippen LogP contribution in [-0.4, -0.2) is 40.8 Å². The number of rotatable bonds is 7. The summed E-state index contributed by atoms with van der Waals surface area (Å²) >= 11 is 1.34. The molecule has 0 aromatic heterocycles. The number of anilines is 1. The number of nitrogens with one attached hydrogen (secondary N) is 1. The molecule has 2 amide bonds. The van der Waals surface area contributed by atoms with E-state index in [1.807, 2.05) is 86.6 Å². The first-order valence-corrected chi connectivity index (χ1v) is 12.4. The van der Waals surface area contributed by atoms with Crippen LogP contribution >= 0.6 is 11.8 Å². The first-order valence-electron chi connectivity index (χ1n) is 11.5. The van der Waals surface area contributed by atoms with Gasteiger partial charge >= 0.3 is 0 Å². The van der Waals surface area contributed by atoms with E-state index in [2.05, 4.69) is 5.32 Å². The Labute approximate surface area is 210 Å². The third-order valence-corrected chi connectivity index (χ3v) is 7.02. The summed E-state index contributed by atoms with van der Waals surface area (Å²) in [5, 5.41) is 2.99. The van der Waals surface area contributed by atoms with Gasteiger partial charge < -0.3 is 10.1 Å². The topological polar surface area (TPSA) is 71.0 Å². The van der Waals surface area contributed by atoms with Crippen LogP contribution in [0.25, 0.3) is 0 Å². The Morgan fingerprint density at radius 3 is 2.51 bits per heavy atom. The number of carbonyl (C=O) groups is 2. The smallest absolute Gasteiger partial charge is 0.238 e. The molecule has 0 spiro atoms. The monoisotopic (exact) mass is 487 g/mol. The summed E-state index contributed by atoms with van der Waals surface area (Å²) < 4.78 is 5.23. The Bertz CT molecular complexity index is 1230. The molecule has 1 atom stereocenters. The maximum Gasteiger partial charge on any atom is 0.238 e. The lowest BCUT2D eigenvalue weighted by Crippen LogP contribution is -2.46. The van der Waals surface area contributed by atoms with Gasteiger partial charge in [0.25, 0.3) is 0 Å². The average molecular weight is 488 g/mol. The molecule has 6 nitrogen and oxygen atoms in total. The maximum absolute atomic E-state index is 13.2. The van der Waals surface area contributed by atoms with Crippen LogP contribution in [0.2, 0.25) is 0 Å². The SMILES string of the molecule is COc1ccc(CCN2C(=O)CC(C(=O)Nc3ccc(C)cc3C)SC2=Nc2ccccc2)cc1. The van der Waals surface area contributed by atoms with Crippen LogP contribution in [0.4, 0.5) is 11.4 Å². The summed E-state index contributed by atoms with van der Waals surface area (Å²) in [7, 11) is 1.64. The molecule has 0 radical (unpaired) electrons. The molecule has 1 unspecified atom stereocenters. The highest BCUT2D eigenvalue weighted by atomic mass is 32.2. The van der Waals surface area contributed by atoms with E-state index in [4.69, 9.17) is 9.73 Å². The number of nitrogens with zero attached hydrogens (tertiary/aromatic N) is 2. The summed E-state index contributed by atoms with van der Waals surface area (Å²) in [5.74, 6) is 0.501. The van der Waals surface area contributed by atoms with Gasteiger partial charge in [-0.2, -0.15) is 0 Å². The fourth-order valence-corrected chi connectivity index (χ4v) is 5.00. The van der Waals surface area contributed by atoms with Crippen molar-refractivity contribution >= 4 is 40.1 Å². The highest BCUT2D eigenvalue weighted by Crippen LogP contribution is 2.30. The molecule has 7 heteroatoms. The fourth-order valence-electron chi connectivity index (χ4n) is 3.87. The van der Waals surface area contributed by atoms with Crippen molar-refractivity contribution in [1.82, 2.24) is 4.90 Å². The average Bonchev–Trinajstić information content (AvgIpc) is 2.86. The van der Waals surface area contributed by atoms with E-state index in [0.717, 1.165) is 33.8 Å². The van der Waals surface area contributed by atoms with Gasteiger partial charge in [-0.15, -0.1) is 0 Å². The predicted octanol–water partition coefficient (Wildman–Crippen LogP) is 5.52. The standard InChI is InChI=1S/C28H29N3O3S/c1-19-9-14-24(20(2)17-19)30-27(33)25-18-26(32)31(16-15-21-10-12-23(34-3)13-11-21)28(35-25)29-22-7-5-4-6-8-22/h4-14,17,25H,15-16,18H2,1-3H3,(H,30,33). The number of hydrogen-bond donors (Lipinski definition) is 1. The van der Waals surface area contributed by atoms with Gasteiger partial charge in [-0.25, -0.2) is 4.99 Å². The molecule has 1 saturated heterocycles. The van der Waals surface area contributed by atoms with E-state index < -0.39 is 5.25 Å². The Hall–Kier alpha value is -3.58. The summed E-state index contributed by atoms with van der Waals surface area (Å²) in [6, 6.07) is 23.2. The molecule has 4 rings (SSSR count). The van der Waals surface area contributed by atoms with Gasteiger partial charge in [-0.1, -0.05) is 59.8 Å². The first kappa shape index (κ1) is 24.5. The maximum atomic E-state index is 13.2. The van der Waals surface area contributed by atoms with Crippen molar-refractivity contribution in [3.8, 4) is 5.75 Å². The zero-order valence-electron chi connectivity index (χ0n) is 20.2. The molecule has 1 N–H and O–H groups in total. The van der Waals surface area contributed by atoms with Crippen molar-refractivity contribution in [1.29, 1.82) is 0 Å². The second kappa shape index (κ2) is 11.2. The van der Waals surface area contributed by atoms with E-state index in [-0.39, 0.29) is 18.2 Å². The number of amidine groups is 1. The zero-order valence-corrected chi connectivity index (χ0v) is 21.0. The largest absolute Gasteiger partial charge is 0.497 e. The van der Waals surface area contributed by atoms with Gasteiger partial charge in [0.05, 0.1) is 12.8 Å². The molecule has 1 heterocycles. The number of carbonyl (C=O) groups excluding carboxylic acids is 2. The van der Waals surface area contributed by atoms with Crippen LogP contribution in [0, 0.1) is 13.8 Å². The normalized spacial score (nSPS) is 16.9. The molecule has 1 aliphatic heterocycles. The van der Waals surface area contributed by atoms with E-state index in [1.54, 1.807) is 12.0 Å². The third-order valence-electron chi connectivity index (χ3n) is 5.84. The Balaban J connectivity index is 1.53. The molecule has 1 aliphatic rings. The number of benzene rings is 3. The van der Waals surface area contributed by atoms with E-state index in [1.165, 1.54) is 11.8 Å². The van der Waals surface area contributed by atoms with E-state index in [9.17, 15) is 9.59 Å². The van der Waals surface area contributed by atoms with E-state index >= 15 is 0 Å². The Kier molecular flexibility index (Phi) is 7.87. The quantitative estimate of drug-likeness (QED) is 0.477. The number of aliphatic imine (C=N–C) groups is 1. The Morgan fingerprint density at radius 1 is 1.09 bits per heavy atom. The summed E-state index contributed by atoms with van der Waals surface area (Å²) in [5.41, 5.74) is 4.72. The number of amides is 2. The molecule has 3 aromatic rings. The van der Waals surface area contributed by atoms with Crippen LogP contribution in [-0.2, 0) is 16.0 Å². The van der Waals surface area contributed by atoms with Crippen molar-refractivity contribution in [3.63, 3.8) is 0 Å². The zero-order chi connectivity index (χ0) is 24.8. The first-order chi connectivity index (χ1) is 16.9. The van der Waals surface area contributed by atoms with E-state index in [0.29, 0.717) is 18.1 Å². The molecule has 35 heavy (non-hydrogen) atoms. The Morgan fingerprint density at radius 2 is 1.83 bits per heavy atom. The lowest BCUT2D eigenvalue weighted by molar-refractivity contribution is -0.129. The second-order valence-electron chi connectivity index (χ2n) is 8.49. The van der Waals surface area contributed by atoms with Gasteiger partial charge in [0.2, 0.25) is 11.8 Å². The van der Waals surface area contributed by atoms with Gasteiger partial charge in [0.15, 0.2) is 5.17 Å². The molecule has 0 bridgehead atoms. The van der Waals surface area contributed by atoms with Gasteiger partial charge in [0, 0.05) is 18.7 Å². The van der Waals surface area contributed by atoms with Crippen LogP contribution in [0.3, 0.4) is 0 Å². The third kappa shape index (κ3) is 6.31. The number of thioether (sulfide) groups is 1. The van der Waals surface area contributed by atoms with Crippen molar-refractivity contribution in [2.24, 2.45) is 4.99 Å². The molecule has 180 valence electrons. The second-order valence-corrected chi connectivity index (χ2v) is 9.66. The molecular formula is C28H29N3O3S. The minimum Gasteiger partial charge on any atom is -0.497 e. The highest BCUT2D eigenvalue weighted by Gasteiger charge is 2.36. The number of ether oxygens (including phenoxy) is 1. The molecule has 0 saturated carbocycles. The lowest BCUT2D eigenvalue weighted by Gasteiger charge is -2.32. The number of para-hydroxylation sites is 1. The van der Waals surface area contributed by atoms with Crippen molar-refractivity contribution in [2.45, 2.75) is 31.9 Å². The van der Waals surface area contributed by atoms with Gasteiger partial charge in [-0.05, 0) is 61.7 Å². The summed E-state index contributed by atoms with van der Waals surface area (Å²) in [6.07, 6.45) is 0.793.